The molecule has 0 spiro atoms. The third-order valence-corrected chi connectivity index (χ3v) is 5.97. The van der Waals surface area contributed by atoms with Gasteiger partial charge in [-0.25, -0.2) is 4.98 Å². The highest BCUT2D eigenvalue weighted by Crippen LogP contribution is 2.30. The highest BCUT2D eigenvalue weighted by atomic mass is 19.4. The molecule has 1 aliphatic rings. The van der Waals surface area contributed by atoms with Gasteiger partial charge in [-0.1, -0.05) is 42.5 Å². The summed E-state index contributed by atoms with van der Waals surface area (Å²) in [5, 5.41) is 2.81. The molecule has 1 atom stereocenters. The third kappa shape index (κ3) is 6.93. The summed E-state index contributed by atoms with van der Waals surface area (Å²) in [5.74, 6) is -0.0355. The van der Waals surface area contributed by atoms with E-state index in [0.717, 1.165) is 36.1 Å². The molecule has 1 fully saturated rings. The molecule has 0 radical (unpaired) electrons. The van der Waals surface area contributed by atoms with E-state index in [1.165, 1.54) is 12.3 Å². The fourth-order valence-corrected chi connectivity index (χ4v) is 4.08. The Bertz CT molecular complexity index is 1140. The van der Waals surface area contributed by atoms with Crippen LogP contribution in [0.25, 0.3) is 0 Å². The van der Waals surface area contributed by atoms with Crippen molar-refractivity contribution in [3.05, 3.63) is 88.6 Å². The van der Waals surface area contributed by atoms with Gasteiger partial charge < -0.3 is 14.5 Å². The van der Waals surface area contributed by atoms with Gasteiger partial charge in [-0.15, -0.1) is 0 Å². The van der Waals surface area contributed by atoms with E-state index in [0.29, 0.717) is 31.2 Å². The molecule has 1 unspecified atom stereocenters. The van der Waals surface area contributed by atoms with Crippen LogP contribution in [0.4, 0.5) is 13.2 Å². The highest BCUT2D eigenvalue weighted by Gasteiger charge is 2.30. The average Bonchev–Trinajstić information content (AvgIpc) is 3.51. The number of rotatable bonds is 9. The summed E-state index contributed by atoms with van der Waals surface area (Å²) in [4.78, 5) is 18.7. The second-order valence-electron chi connectivity index (χ2n) is 8.74. The summed E-state index contributed by atoms with van der Waals surface area (Å²) in [5.41, 5.74) is 2.11. The molecule has 1 saturated heterocycles. The Kier molecular flexibility index (Phi) is 7.87. The van der Waals surface area contributed by atoms with Crippen molar-refractivity contribution in [2.24, 2.45) is 0 Å². The number of carbonyl (C=O) groups is 1. The van der Waals surface area contributed by atoms with E-state index in [-0.39, 0.29) is 30.8 Å². The number of halogens is 3. The van der Waals surface area contributed by atoms with Crippen LogP contribution in [0.3, 0.4) is 0 Å². The van der Waals surface area contributed by atoms with Crippen LogP contribution in [0.15, 0.2) is 59.2 Å². The van der Waals surface area contributed by atoms with E-state index < -0.39 is 11.7 Å². The molecule has 4 rings (SSSR count). The maximum absolute atomic E-state index is 13.2. The normalized spacial score (nSPS) is 16.1. The van der Waals surface area contributed by atoms with Gasteiger partial charge in [0.15, 0.2) is 5.69 Å². The van der Waals surface area contributed by atoms with Gasteiger partial charge in [0.05, 0.1) is 18.2 Å². The largest absolute Gasteiger partial charge is 0.447 e. The topological polar surface area (TPSA) is 67.6 Å². The Morgan fingerprint density at radius 3 is 2.71 bits per heavy atom. The van der Waals surface area contributed by atoms with Gasteiger partial charge in [-0.2, -0.15) is 13.2 Å². The van der Waals surface area contributed by atoms with Crippen molar-refractivity contribution in [1.82, 2.24) is 15.2 Å². The molecule has 0 saturated carbocycles. The number of nitrogens with zero attached hydrogens (tertiary/aromatic N) is 2. The summed E-state index contributed by atoms with van der Waals surface area (Å²) in [7, 11) is 0. The van der Waals surface area contributed by atoms with Gasteiger partial charge in [0.1, 0.15) is 6.26 Å². The molecule has 0 bridgehead atoms. The van der Waals surface area contributed by atoms with E-state index in [4.69, 9.17) is 9.15 Å². The number of nitrogens with one attached hydrogen (secondary N) is 1. The second kappa shape index (κ2) is 11.0. The van der Waals surface area contributed by atoms with Gasteiger partial charge in [0.25, 0.3) is 5.91 Å². The summed E-state index contributed by atoms with van der Waals surface area (Å²) in [6.07, 6.45) is -1.20. The minimum atomic E-state index is -4.41. The minimum absolute atomic E-state index is 0.0161. The lowest BCUT2D eigenvalue weighted by Crippen LogP contribution is -2.32. The lowest BCUT2D eigenvalue weighted by atomic mass is 10.1. The predicted molar refractivity (Wildman–Crippen MR) is 123 cm³/mol. The monoisotopic (exact) mass is 487 g/mol. The number of aromatic nitrogens is 1. The van der Waals surface area contributed by atoms with Crippen molar-refractivity contribution in [3.8, 4) is 0 Å². The van der Waals surface area contributed by atoms with E-state index in [2.05, 4.69) is 10.3 Å². The number of amides is 1. The molecule has 2 aromatic carbocycles. The van der Waals surface area contributed by atoms with Crippen LogP contribution < -0.4 is 5.32 Å². The molecule has 35 heavy (non-hydrogen) atoms. The molecule has 9 heteroatoms. The quantitative estimate of drug-likeness (QED) is 0.454. The zero-order valence-electron chi connectivity index (χ0n) is 19.5. The molecule has 186 valence electrons. The Balaban J connectivity index is 1.47. The number of aryl methyl sites for hydroxylation is 1. The van der Waals surface area contributed by atoms with Crippen molar-refractivity contribution < 1.29 is 27.1 Å². The highest BCUT2D eigenvalue weighted by molar-refractivity contribution is 5.91. The molecule has 2 heterocycles. The van der Waals surface area contributed by atoms with Crippen molar-refractivity contribution in [2.45, 2.75) is 51.7 Å². The van der Waals surface area contributed by atoms with Gasteiger partial charge in [-0.05, 0) is 42.5 Å². The Hall–Kier alpha value is -3.17. The zero-order valence-corrected chi connectivity index (χ0v) is 19.5. The van der Waals surface area contributed by atoms with Crippen molar-refractivity contribution in [3.63, 3.8) is 0 Å². The maximum Gasteiger partial charge on any atom is 0.416 e. The van der Waals surface area contributed by atoms with Crippen molar-refractivity contribution >= 4 is 5.91 Å². The van der Waals surface area contributed by atoms with Gasteiger partial charge in [0.2, 0.25) is 5.89 Å². The van der Waals surface area contributed by atoms with Crippen LogP contribution in [0.5, 0.6) is 0 Å². The number of carbonyl (C=O) groups excluding carboxylic acids is 1. The Morgan fingerprint density at radius 2 is 1.97 bits per heavy atom. The number of oxazole rings is 1. The Labute approximate surface area is 202 Å². The molecule has 1 aromatic heterocycles. The zero-order chi connectivity index (χ0) is 24.8. The molecule has 6 nitrogen and oxygen atoms in total. The smallest absolute Gasteiger partial charge is 0.416 e. The average molecular weight is 488 g/mol. The van der Waals surface area contributed by atoms with Crippen LogP contribution in [-0.2, 0) is 30.5 Å². The molecule has 3 aromatic rings. The van der Waals surface area contributed by atoms with Gasteiger partial charge >= 0.3 is 6.18 Å². The number of ether oxygens (including phenoxy) is 1. The first-order valence-electron chi connectivity index (χ1n) is 11.5. The first-order chi connectivity index (χ1) is 16.8. The van der Waals surface area contributed by atoms with Crippen LogP contribution in [0.2, 0.25) is 0 Å². The van der Waals surface area contributed by atoms with Crippen LogP contribution >= 0.6 is 0 Å². The molecule has 1 N–H and O–H groups in total. The van der Waals surface area contributed by atoms with Crippen LogP contribution in [0.1, 0.15) is 51.5 Å². The first kappa shape index (κ1) is 24.9. The summed E-state index contributed by atoms with van der Waals surface area (Å²) < 4.78 is 50.7. The van der Waals surface area contributed by atoms with Crippen LogP contribution in [0, 0.1) is 6.92 Å². The number of benzene rings is 2. The minimum Gasteiger partial charge on any atom is -0.447 e. The fourth-order valence-electron chi connectivity index (χ4n) is 4.08. The lowest BCUT2D eigenvalue weighted by molar-refractivity contribution is -0.137. The molecular weight excluding hydrogens is 459 g/mol. The lowest BCUT2D eigenvalue weighted by Gasteiger charge is -2.22. The van der Waals surface area contributed by atoms with Crippen molar-refractivity contribution in [1.29, 1.82) is 0 Å². The van der Waals surface area contributed by atoms with Gasteiger partial charge in [0, 0.05) is 26.2 Å². The first-order valence-corrected chi connectivity index (χ1v) is 11.5. The summed E-state index contributed by atoms with van der Waals surface area (Å²) in [6.45, 7) is 4.06. The molecule has 1 amide bonds. The second-order valence-corrected chi connectivity index (χ2v) is 8.74. The number of hydrogen-bond donors (Lipinski definition) is 1. The summed E-state index contributed by atoms with van der Waals surface area (Å²) in [6, 6.07) is 13.1. The van der Waals surface area contributed by atoms with Crippen LogP contribution in [-0.4, -0.2) is 35.0 Å². The molecule has 1 aliphatic heterocycles. The number of hydrogen-bond acceptors (Lipinski definition) is 5. The third-order valence-electron chi connectivity index (χ3n) is 5.97. The Morgan fingerprint density at radius 1 is 1.14 bits per heavy atom. The van der Waals surface area contributed by atoms with E-state index in [1.807, 2.05) is 36.1 Å². The van der Waals surface area contributed by atoms with Gasteiger partial charge in [-0.3, -0.25) is 9.69 Å². The molecule has 0 aliphatic carbocycles. The van der Waals surface area contributed by atoms with E-state index in [9.17, 15) is 18.0 Å². The van der Waals surface area contributed by atoms with Crippen molar-refractivity contribution in [2.75, 3.05) is 13.2 Å². The summed E-state index contributed by atoms with van der Waals surface area (Å²) >= 11 is 0. The predicted octanol–water partition coefficient (Wildman–Crippen LogP) is 5.11. The van der Waals surface area contributed by atoms with E-state index >= 15 is 0 Å². The maximum atomic E-state index is 13.2. The fraction of sp³-hybridized carbons (Fsp3) is 0.385. The SMILES string of the molecule is Cc1ccccc1CN(Cc1cccc(C(F)(F)F)c1)Cc1nc(C(=O)NCC2CCCO2)co1. The standard InChI is InChI=1S/C26H28F3N3O3/c1-18-6-2-3-8-20(18)15-32(14-19-7-4-9-21(12-19)26(27,28)29)16-24-31-23(17-35-24)25(33)30-13-22-10-5-11-34-22/h2-4,6-9,12,17,22H,5,10-11,13-16H2,1H3,(H,30,33). The number of alkyl halides is 3. The molecular formula is C26H28F3N3O3. The van der Waals surface area contributed by atoms with E-state index in [1.54, 1.807) is 6.07 Å².